The Bertz CT molecular complexity index is 1530. The second-order valence-electron chi connectivity index (χ2n) is 9.27. The Morgan fingerprint density at radius 1 is 1.27 bits per heavy atom. The highest BCUT2D eigenvalue weighted by atomic mass is 35.5. The number of alkyl carbamates (subject to hydrolysis) is 1. The van der Waals surface area contributed by atoms with Gasteiger partial charge in [0, 0.05) is 5.02 Å². The molecule has 0 saturated carbocycles. The summed E-state index contributed by atoms with van der Waals surface area (Å²) in [6.45, 7) is 4.68. The maximum atomic E-state index is 15.1. The first-order valence-corrected chi connectivity index (χ1v) is 12.9. The quantitative estimate of drug-likeness (QED) is 0.501. The van der Waals surface area contributed by atoms with E-state index < -0.39 is 55.7 Å². The van der Waals surface area contributed by atoms with Crippen LogP contribution >= 0.6 is 11.6 Å². The Hall–Kier alpha value is -3.71. The summed E-state index contributed by atoms with van der Waals surface area (Å²) in [6, 6.07) is 6.71. The van der Waals surface area contributed by atoms with Crippen LogP contribution in [0.15, 0.2) is 50.6 Å². The number of nitrogens with one attached hydrogen (secondary N) is 2. The van der Waals surface area contributed by atoms with E-state index in [1.807, 2.05) is 0 Å². The molecule has 1 aliphatic heterocycles. The van der Waals surface area contributed by atoms with Crippen LogP contribution in [0.25, 0.3) is 11.4 Å². The van der Waals surface area contributed by atoms with E-state index in [1.165, 1.54) is 0 Å². The minimum Gasteiger partial charge on any atom is -0.444 e. The molecule has 0 bridgehead atoms. The van der Waals surface area contributed by atoms with Gasteiger partial charge in [-0.05, 0) is 50.6 Å². The zero-order valence-corrected chi connectivity index (χ0v) is 21.4. The maximum absolute atomic E-state index is 15.1. The van der Waals surface area contributed by atoms with Crippen LogP contribution < -0.4 is 16.0 Å². The summed E-state index contributed by atoms with van der Waals surface area (Å²) < 4.78 is 51.3. The monoisotopic (exact) mass is 552 g/mol. The summed E-state index contributed by atoms with van der Waals surface area (Å²) in [7, 11) is -4.31. The van der Waals surface area contributed by atoms with Gasteiger partial charge < -0.3 is 15.0 Å². The molecule has 0 fully saturated rings. The van der Waals surface area contributed by atoms with Crippen molar-refractivity contribution in [1.29, 1.82) is 0 Å². The standard InChI is InChI=1S/C23H22ClFN4O7S/c1-23(2,3)35-21(31)26-16-11-37(33,34)18-9-15(25)14(19-27-22(32)36-28-19)8-17(18)29(20(16)30)10-12-4-6-13(24)7-5-12/h4-9,16H,10-11H2,1-3H3,(H,26,31)(H,27,28,32)/t16-/m0/s1. The van der Waals surface area contributed by atoms with Gasteiger partial charge in [-0.3, -0.25) is 14.3 Å². The normalized spacial score (nSPS) is 17.2. The van der Waals surface area contributed by atoms with E-state index >= 15 is 4.39 Å². The molecule has 1 atom stereocenters. The van der Waals surface area contributed by atoms with E-state index in [1.54, 1.807) is 45.0 Å². The van der Waals surface area contributed by atoms with Gasteiger partial charge >= 0.3 is 11.8 Å². The summed E-state index contributed by atoms with van der Waals surface area (Å²) in [5, 5.41) is 6.22. The zero-order chi connectivity index (χ0) is 27.1. The molecule has 1 aromatic heterocycles. The maximum Gasteiger partial charge on any atom is 0.439 e. The van der Waals surface area contributed by atoms with Gasteiger partial charge in [-0.25, -0.2) is 22.4 Å². The number of carbonyl (C=O) groups is 2. The molecule has 3 aromatic rings. The minimum atomic E-state index is -4.31. The third-order valence-corrected chi connectivity index (χ3v) is 7.29. The van der Waals surface area contributed by atoms with Crippen molar-refractivity contribution in [2.45, 2.75) is 43.9 Å². The number of hydrogen-bond acceptors (Lipinski definition) is 8. The van der Waals surface area contributed by atoms with E-state index in [2.05, 4.69) is 20.0 Å². The summed E-state index contributed by atoms with van der Waals surface area (Å²) in [4.78, 5) is 40.4. The lowest BCUT2D eigenvalue weighted by molar-refractivity contribution is -0.120. The van der Waals surface area contributed by atoms with Gasteiger partial charge in [-0.15, -0.1) is 0 Å². The highest BCUT2D eigenvalue weighted by Gasteiger charge is 2.40. The largest absolute Gasteiger partial charge is 0.444 e. The number of aromatic amines is 1. The van der Waals surface area contributed by atoms with Crippen molar-refractivity contribution < 1.29 is 31.7 Å². The Morgan fingerprint density at radius 3 is 2.54 bits per heavy atom. The van der Waals surface area contributed by atoms with E-state index in [9.17, 15) is 22.8 Å². The number of ether oxygens (including phenoxy) is 1. The lowest BCUT2D eigenvalue weighted by Gasteiger charge is -2.27. The van der Waals surface area contributed by atoms with E-state index in [-0.39, 0.29) is 23.6 Å². The average Bonchev–Trinajstić information content (AvgIpc) is 3.19. The van der Waals surface area contributed by atoms with E-state index in [0.29, 0.717) is 10.6 Å². The zero-order valence-electron chi connectivity index (χ0n) is 19.9. The van der Waals surface area contributed by atoms with Crippen molar-refractivity contribution in [1.82, 2.24) is 15.5 Å². The molecule has 0 radical (unpaired) electrons. The van der Waals surface area contributed by atoms with Crippen molar-refractivity contribution in [3.05, 3.63) is 63.4 Å². The number of anilines is 1. The Balaban J connectivity index is 1.85. The number of rotatable bonds is 4. The highest BCUT2D eigenvalue weighted by Crippen LogP contribution is 2.36. The van der Waals surface area contributed by atoms with E-state index in [0.717, 1.165) is 17.0 Å². The fourth-order valence-electron chi connectivity index (χ4n) is 3.71. The number of aromatic nitrogens is 2. The summed E-state index contributed by atoms with van der Waals surface area (Å²) in [5.41, 5.74) is -0.810. The molecule has 0 spiro atoms. The highest BCUT2D eigenvalue weighted by molar-refractivity contribution is 7.91. The number of nitrogens with zero attached hydrogens (tertiary/aromatic N) is 2. The molecule has 2 heterocycles. The Labute approximate surface area is 215 Å². The smallest absolute Gasteiger partial charge is 0.439 e. The first kappa shape index (κ1) is 26.4. The van der Waals surface area contributed by atoms with Crippen molar-refractivity contribution in [3.63, 3.8) is 0 Å². The molecule has 11 nitrogen and oxygen atoms in total. The Kier molecular flexibility index (Phi) is 6.86. The summed E-state index contributed by atoms with van der Waals surface area (Å²) in [6.07, 6.45) is -0.995. The fraction of sp³-hybridized carbons (Fsp3) is 0.304. The molecule has 14 heteroatoms. The minimum absolute atomic E-state index is 0.147. The van der Waals surface area contributed by atoms with Gasteiger partial charge in [-0.1, -0.05) is 28.9 Å². The topological polar surface area (TPSA) is 152 Å². The molecule has 2 aromatic carbocycles. The number of halogens is 2. The van der Waals surface area contributed by atoms with Crippen LogP contribution in [0.4, 0.5) is 14.9 Å². The molecule has 1 aliphatic rings. The predicted octanol–water partition coefficient (Wildman–Crippen LogP) is 3.04. The lowest BCUT2D eigenvalue weighted by atomic mass is 10.1. The molecule has 0 saturated heterocycles. The van der Waals surface area contributed by atoms with Crippen LogP contribution in [0.3, 0.4) is 0 Å². The Morgan fingerprint density at radius 2 is 1.95 bits per heavy atom. The molecular weight excluding hydrogens is 531 g/mol. The van der Waals surface area contributed by atoms with Crippen molar-refractivity contribution in [2.75, 3.05) is 10.7 Å². The first-order chi connectivity index (χ1) is 17.2. The summed E-state index contributed by atoms with van der Waals surface area (Å²) >= 11 is 5.96. The van der Waals surface area contributed by atoms with Gasteiger partial charge in [-0.2, -0.15) is 0 Å². The lowest BCUT2D eigenvalue weighted by Crippen LogP contribution is -2.51. The second-order valence-corrected chi connectivity index (χ2v) is 11.7. The van der Waals surface area contributed by atoms with Crippen molar-refractivity contribution >= 4 is 39.1 Å². The van der Waals surface area contributed by atoms with Crippen LogP contribution in [-0.2, 0) is 25.9 Å². The molecule has 196 valence electrons. The van der Waals surface area contributed by atoms with Crippen LogP contribution in [0, 0.1) is 5.82 Å². The van der Waals surface area contributed by atoms with Crippen LogP contribution in [-0.4, -0.2) is 48.0 Å². The van der Waals surface area contributed by atoms with Crippen molar-refractivity contribution in [3.8, 4) is 11.4 Å². The fourth-order valence-corrected chi connectivity index (χ4v) is 5.45. The first-order valence-electron chi connectivity index (χ1n) is 10.9. The number of fused-ring (bicyclic) bond motifs is 1. The van der Waals surface area contributed by atoms with Gasteiger partial charge in [0.2, 0.25) is 0 Å². The van der Waals surface area contributed by atoms with Crippen LogP contribution in [0.5, 0.6) is 0 Å². The van der Waals surface area contributed by atoms with Gasteiger partial charge in [0.05, 0.1) is 28.4 Å². The average molecular weight is 553 g/mol. The molecule has 0 aliphatic carbocycles. The van der Waals surface area contributed by atoms with Gasteiger partial charge in [0.25, 0.3) is 5.91 Å². The number of carbonyl (C=O) groups excluding carboxylic acids is 2. The molecule has 0 unspecified atom stereocenters. The van der Waals surface area contributed by atoms with Gasteiger partial charge in [0.15, 0.2) is 15.7 Å². The second kappa shape index (κ2) is 9.63. The number of amides is 2. The van der Waals surface area contributed by atoms with E-state index in [4.69, 9.17) is 16.3 Å². The molecule has 4 rings (SSSR count). The summed E-state index contributed by atoms with van der Waals surface area (Å²) in [5.74, 6) is -3.89. The number of benzene rings is 2. The number of H-pyrrole nitrogens is 1. The van der Waals surface area contributed by atoms with Gasteiger partial charge in [0.1, 0.15) is 17.5 Å². The van der Waals surface area contributed by atoms with Crippen molar-refractivity contribution in [2.24, 2.45) is 0 Å². The third-order valence-electron chi connectivity index (χ3n) is 5.27. The molecule has 2 amide bonds. The SMILES string of the molecule is CC(C)(C)OC(=O)N[C@H]1CS(=O)(=O)c2cc(F)c(-c3noc(=O)[nH]3)cc2N(Cc2ccc(Cl)cc2)C1=O. The molecule has 2 N–H and O–H groups in total. The third kappa shape index (κ3) is 5.83. The number of sulfone groups is 1. The molecular formula is C23H22ClFN4O7S. The van der Waals surface area contributed by atoms with Crippen LogP contribution in [0.2, 0.25) is 5.02 Å². The molecule has 37 heavy (non-hydrogen) atoms. The predicted molar refractivity (Wildman–Crippen MR) is 130 cm³/mol. The number of hydrogen-bond donors (Lipinski definition) is 2. The van der Waals surface area contributed by atoms with Crippen LogP contribution in [0.1, 0.15) is 26.3 Å².